The minimum absolute atomic E-state index is 0.171. The molecule has 7 nitrogen and oxygen atoms in total. The molecule has 0 saturated carbocycles. The average Bonchev–Trinajstić information content (AvgIpc) is 3.03. The van der Waals surface area contributed by atoms with Crippen molar-refractivity contribution in [3.8, 4) is 0 Å². The number of fused-ring (bicyclic) bond motifs is 1. The smallest absolute Gasteiger partial charge is 0.306 e. The first kappa shape index (κ1) is 19.5. The number of nitrogens with one attached hydrogen (secondary N) is 2. The molecular formula is C18H18Cl2N4O3S. The summed E-state index contributed by atoms with van der Waals surface area (Å²) in [7, 11) is -3.63. The zero-order valence-corrected chi connectivity index (χ0v) is 17.1. The number of sulfonamides is 1. The highest BCUT2D eigenvalue weighted by atomic mass is 35.5. The van der Waals surface area contributed by atoms with Gasteiger partial charge in [0.25, 0.3) is 0 Å². The van der Waals surface area contributed by atoms with Gasteiger partial charge in [-0.25, -0.2) is 13.2 Å². The number of hydrogen-bond acceptors (Lipinski definition) is 4. The summed E-state index contributed by atoms with van der Waals surface area (Å²) in [6, 6.07) is 9.99. The van der Waals surface area contributed by atoms with Gasteiger partial charge in [-0.2, -0.15) is 4.31 Å². The molecule has 0 aliphatic carbocycles. The summed E-state index contributed by atoms with van der Waals surface area (Å²) < 4.78 is 27.4. The number of imidazole rings is 1. The largest absolute Gasteiger partial charge is 0.323 e. The Labute approximate surface area is 171 Å². The molecule has 0 spiro atoms. The Balaban J connectivity index is 1.46. The number of halogens is 2. The van der Waals surface area contributed by atoms with Gasteiger partial charge in [0.15, 0.2) is 0 Å². The van der Waals surface area contributed by atoms with E-state index >= 15 is 0 Å². The van der Waals surface area contributed by atoms with Crippen LogP contribution in [0.3, 0.4) is 0 Å². The normalized spacial score (nSPS) is 16.6. The van der Waals surface area contributed by atoms with E-state index in [4.69, 9.17) is 23.2 Å². The van der Waals surface area contributed by atoms with Crippen LogP contribution < -0.4 is 5.69 Å². The molecule has 0 unspecified atom stereocenters. The summed E-state index contributed by atoms with van der Waals surface area (Å²) in [5, 5.41) is 1.20. The molecule has 28 heavy (non-hydrogen) atoms. The highest BCUT2D eigenvalue weighted by Gasteiger charge is 2.29. The van der Waals surface area contributed by atoms with Crippen LogP contribution in [0.5, 0.6) is 0 Å². The Morgan fingerprint density at radius 3 is 2.36 bits per heavy atom. The molecule has 2 N–H and O–H groups in total. The quantitative estimate of drug-likeness (QED) is 0.652. The van der Waals surface area contributed by atoms with E-state index in [1.807, 2.05) is 6.07 Å². The molecule has 10 heteroatoms. The van der Waals surface area contributed by atoms with Crippen molar-refractivity contribution in [2.75, 3.05) is 26.2 Å². The minimum Gasteiger partial charge on any atom is -0.306 e. The van der Waals surface area contributed by atoms with Gasteiger partial charge in [0, 0.05) is 42.8 Å². The molecule has 0 radical (unpaired) electrons. The number of piperazine rings is 1. The molecule has 1 aliphatic rings. The molecule has 0 amide bonds. The highest BCUT2D eigenvalue weighted by Crippen LogP contribution is 2.24. The predicted molar refractivity (Wildman–Crippen MR) is 109 cm³/mol. The zero-order chi connectivity index (χ0) is 19.9. The van der Waals surface area contributed by atoms with Crippen molar-refractivity contribution in [3.63, 3.8) is 0 Å². The van der Waals surface area contributed by atoms with E-state index in [0.717, 1.165) is 5.56 Å². The predicted octanol–water partition coefficient (Wildman–Crippen LogP) is 2.67. The number of hydrogen-bond donors (Lipinski definition) is 2. The van der Waals surface area contributed by atoms with Crippen molar-refractivity contribution >= 4 is 44.3 Å². The topological polar surface area (TPSA) is 89.3 Å². The lowest BCUT2D eigenvalue weighted by atomic mass is 10.2. The third-order valence-corrected chi connectivity index (χ3v) is 7.35. The first-order valence-electron chi connectivity index (χ1n) is 8.71. The number of aromatic nitrogens is 2. The Morgan fingerprint density at radius 1 is 0.929 bits per heavy atom. The van der Waals surface area contributed by atoms with Gasteiger partial charge in [-0.15, -0.1) is 0 Å². The third kappa shape index (κ3) is 3.83. The number of aromatic amines is 2. The summed E-state index contributed by atoms with van der Waals surface area (Å²) in [5.74, 6) is 0. The fraction of sp³-hybridized carbons (Fsp3) is 0.278. The molecule has 2 aromatic carbocycles. The van der Waals surface area contributed by atoms with Gasteiger partial charge < -0.3 is 9.97 Å². The van der Waals surface area contributed by atoms with E-state index in [1.165, 1.54) is 16.4 Å². The van der Waals surface area contributed by atoms with Crippen molar-refractivity contribution < 1.29 is 8.42 Å². The van der Waals surface area contributed by atoms with Crippen molar-refractivity contribution in [3.05, 3.63) is 62.5 Å². The zero-order valence-electron chi connectivity index (χ0n) is 14.8. The van der Waals surface area contributed by atoms with Gasteiger partial charge >= 0.3 is 5.69 Å². The van der Waals surface area contributed by atoms with Crippen LogP contribution >= 0.6 is 23.2 Å². The van der Waals surface area contributed by atoms with Crippen LogP contribution in [0, 0.1) is 0 Å². The lowest BCUT2D eigenvalue weighted by Gasteiger charge is -2.34. The molecular weight excluding hydrogens is 423 g/mol. The summed E-state index contributed by atoms with van der Waals surface area (Å²) in [5.41, 5.74) is 1.65. The molecule has 1 fully saturated rings. The Bertz CT molecular complexity index is 1180. The fourth-order valence-electron chi connectivity index (χ4n) is 3.34. The Kier molecular flexibility index (Phi) is 5.24. The molecule has 1 aliphatic heterocycles. The van der Waals surface area contributed by atoms with E-state index in [9.17, 15) is 13.2 Å². The third-order valence-electron chi connectivity index (χ3n) is 4.87. The monoisotopic (exact) mass is 440 g/mol. The SMILES string of the molecule is O=c1[nH]c2ccc(S(=O)(=O)N3CCN(Cc4ccc(Cl)cc4Cl)CC3)cc2[nH]1. The summed E-state index contributed by atoms with van der Waals surface area (Å²) >= 11 is 12.2. The Morgan fingerprint density at radius 2 is 1.64 bits per heavy atom. The first-order valence-corrected chi connectivity index (χ1v) is 10.9. The summed E-state index contributed by atoms with van der Waals surface area (Å²) in [4.78, 5) is 18.9. The molecule has 148 valence electrons. The van der Waals surface area contributed by atoms with Crippen LogP contribution in [0.25, 0.3) is 11.0 Å². The lowest BCUT2D eigenvalue weighted by Crippen LogP contribution is -2.48. The minimum atomic E-state index is -3.63. The average molecular weight is 441 g/mol. The van der Waals surface area contributed by atoms with Crippen molar-refractivity contribution in [2.45, 2.75) is 11.4 Å². The van der Waals surface area contributed by atoms with E-state index in [1.54, 1.807) is 18.2 Å². The van der Waals surface area contributed by atoms with E-state index < -0.39 is 10.0 Å². The molecule has 1 saturated heterocycles. The van der Waals surface area contributed by atoms with Gasteiger partial charge in [-0.05, 0) is 35.9 Å². The molecule has 3 aromatic rings. The van der Waals surface area contributed by atoms with Gasteiger partial charge in [0.05, 0.1) is 15.9 Å². The van der Waals surface area contributed by atoms with Crippen LogP contribution in [0.1, 0.15) is 5.56 Å². The maximum Gasteiger partial charge on any atom is 0.323 e. The number of rotatable bonds is 4. The summed E-state index contributed by atoms with van der Waals surface area (Å²) in [6.45, 7) is 2.60. The maximum atomic E-state index is 13.0. The van der Waals surface area contributed by atoms with E-state index in [2.05, 4.69) is 14.9 Å². The van der Waals surface area contributed by atoms with Crippen LogP contribution in [0.15, 0.2) is 46.1 Å². The van der Waals surface area contributed by atoms with Crippen LogP contribution in [-0.2, 0) is 16.6 Å². The van der Waals surface area contributed by atoms with E-state index in [0.29, 0.717) is 53.8 Å². The molecule has 4 rings (SSSR count). The van der Waals surface area contributed by atoms with Gasteiger partial charge in [-0.1, -0.05) is 29.3 Å². The van der Waals surface area contributed by atoms with Crippen LogP contribution in [-0.4, -0.2) is 53.8 Å². The van der Waals surface area contributed by atoms with Crippen LogP contribution in [0.2, 0.25) is 10.0 Å². The highest BCUT2D eigenvalue weighted by molar-refractivity contribution is 7.89. The van der Waals surface area contributed by atoms with Crippen molar-refractivity contribution in [1.29, 1.82) is 0 Å². The second-order valence-corrected chi connectivity index (χ2v) is 9.48. The lowest BCUT2D eigenvalue weighted by molar-refractivity contribution is 0.181. The van der Waals surface area contributed by atoms with Gasteiger partial charge in [0.2, 0.25) is 10.0 Å². The Hall–Kier alpha value is -1.84. The number of H-pyrrole nitrogens is 2. The second-order valence-electron chi connectivity index (χ2n) is 6.70. The van der Waals surface area contributed by atoms with Gasteiger partial charge in [-0.3, -0.25) is 4.90 Å². The number of nitrogens with zero attached hydrogens (tertiary/aromatic N) is 2. The fourth-order valence-corrected chi connectivity index (χ4v) is 5.26. The second kappa shape index (κ2) is 7.53. The first-order chi connectivity index (χ1) is 13.3. The standard InChI is InChI=1S/C18H18Cl2N4O3S/c19-13-2-1-12(15(20)9-13)11-23-5-7-24(8-6-23)28(26,27)14-3-4-16-17(10-14)22-18(25)21-16/h1-4,9-10H,5-8,11H2,(H2,21,22,25). The van der Waals surface area contributed by atoms with Crippen LogP contribution in [0.4, 0.5) is 0 Å². The summed E-state index contributed by atoms with van der Waals surface area (Å²) in [6.07, 6.45) is 0. The molecule has 2 heterocycles. The molecule has 1 aromatic heterocycles. The van der Waals surface area contributed by atoms with Crippen molar-refractivity contribution in [2.24, 2.45) is 0 Å². The molecule has 0 bridgehead atoms. The van der Waals surface area contributed by atoms with E-state index in [-0.39, 0.29) is 10.6 Å². The van der Waals surface area contributed by atoms with Gasteiger partial charge in [0.1, 0.15) is 0 Å². The molecule has 0 atom stereocenters. The maximum absolute atomic E-state index is 13.0. The number of benzene rings is 2. The van der Waals surface area contributed by atoms with Crippen molar-refractivity contribution in [1.82, 2.24) is 19.2 Å².